The Morgan fingerprint density at radius 3 is 2.14 bits per heavy atom. The first kappa shape index (κ1) is 53.7. The van der Waals surface area contributed by atoms with Gasteiger partial charge in [0.1, 0.15) is 42.9 Å². The molecule has 5 aromatic rings. The number of benzene rings is 5. The van der Waals surface area contributed by atoms with E-state index in [1.54, 1.807) is 91.0 Å². The smallest absolute Gasteiger partial charge is 0.419 e. The molecule has 14 nitrogen and oxygen atoms in total. The van der Waals surface area contributed by atoms with E-state index in [4.69, 9.17) is 33.5 Å². The molecule has 3 amide bonds. The first-order valence-corrected chi connectivity index (χ1v) is 22.1. The van der Waals surface area contributed by atoms with Crippen LogP contribution in [0, 0.1) is 17.7 Å². The van der Waals surface area contributed by atoms with E-state index in [2.05, 4.69) is 39.7 Å². The van der Waals surface area contributed by atoms with Crippen LogP contribution in [0.2, 0.25) is 0 Å². The number of ether oxygens (including phenoxy) is 6. The number of para-hydroxylation sites is 2. The van der Waals surface area contributed by atoms with E-state index in [0.717, 1.165) is 17.7 Å². The molecule has 0 saturated heterocycles. The quantitative estimate of drug-likeness (QED) is 0.0147. The highest BCUT2D eigenvalue weighted by Crippen LogP contribution is 2.33. The molecule has 370 valence electrons. The van der Waals surface area contributed by atoms with Crippen LogP contribution in [0.15, 0.2) is 122 Å². The molecule has 0 heterocycles. The fraction of sp³-hybridized carbons (Fsp3) is 0.288. The monoisotopic (exact) mass is 970 g/mol. The zero-order valence-electron chi connectivity index (χ0n) is 38.2. The molecule has 0 saturated carbocycles. The second-order valence-corrected chi connectivity index (χ2v) is 15.0. The van der Waals surface area contributed by atoms with Gasteiger partial charge in [-0.15, -0.1) is 0 Å². The van der Waals surface area contributed by atoms with Gasteiger partial charge in [-0.2, -0.15) is 13.2 Å². The number of carbonyl (C=O) groups excluding carboxylic acids is 3. The predicted octanol–water partition coefficient (Wildman–Crippen LogP) is 7.34. The van der Waals surface area contributed by atoms with Crippen LogP contribution < -0.4 is 35.5 Å². The van der Waals surface area contributed by atoms with E-state index in [0.29, 0.717) is 91.3 Å². The molecule has 0 unspecified atom stereocenters. The van der Waals surface area contributed by atoms with Crippen molar-refractivity contribution in [3.63, 3.8) is 0 Å². The molecule has 0 atom stereocenters. The molecule has 0 aliphatic carbocycles. The number of halogens is 4. The van der Waals surface area contributed by atoms with Gasteiger partial charge in [-0.1, -0.05) is 48.8 Å². The number of aliphatic hydroxyl groups is 1. The molecule has 0 fully saturated rings. The molecule has 5 rings (SSSR count). The lowest BCUT2D eigenvalue weighted by Gasteiger charge is -2.14. The van der Waals surface area contributed by atoms with Crippen molar-refractivity contribution >= 4 is 23.4 Å². The molecular weight excluding hydrogens is 917 g/mol. The first-order valence-electron chi connectivity index (χ1n) is 22.1. The second kappa shape index (κ2) is 28.9. The summed E-state index contributed by atoms with van der Waals surface area (Å²) < 4.78 is 87.2. The van der Waals surface area contributed by atoms with Gasteiger partial charge in [0.25, 0.3) is 5.91 Å². The fourth-order valence-electron chi connectivity index (χ4n) is 6.20. The highest BCUT2D eigenvalue weighted by Gasteiger charge is 2.34. The van der Waals surface area contributed by atoms with Crippen LogP contribution in [-0.2, 0) is 49.7 Å². The molecule has 0 bridgehead atoms. The Morgan fingerprint density at radius 1 is 0.714 bits per heavy atom. The second-order valence-electron chi connectivity index (χ2n) is 15.0. The molecular formula is C52H54F4N4O10. The van der Waals surface area contributed by atoms with Gasteiger partial charge in [0.05, 0.1) is 50.9 Å². The highest BCUT2D eigenvalue weighted by molar-refractivity contribution is 6.05. The van der Waals surface area contributed by atoms with Crippen LogP contribution in [0.25, 0.3) is 0 Å². The van der Waals surface area contributed by atoms with E-state index in [9.17, 15) is 31.9 Å². The zero-order chi connectivity index (χ0) is 50.0. The Balaban J connectivity index is 0.896. The van der Waals surface area contributed by atoms with Crippen molar-refractivity contribution in [2.45, 2.75) is 32.3 Å². The van der Waals surface area contributed by atoms with Crippen LogP contribution >= 0.6 is 0 Å². The van der Waals surface area contributed by atoms with Crippen molar-refractivity contribution in [2.75, 3.05) is 71.3 Å². The van der Waals surface area contributed by atoms with Crippen LogP contribution in [-0.4, -0.2) is 88.8 Å². The van der Waals surface area contributed by atoms with Gasteiger partial charge in [0.15, 0.2) is 5.75 Å². The van der Waals surface area contributed by atoms with Gasteiger partial charge in [0.2, 0.25) is 11.8 Å². The Bertz CT molecular complexity index is 2530. The molecule has 0 aromatic heterocycles. The summed E-state index contributed by atoms with van der Waals surface area (Å²) in [6.45, 7) is 5.91. The number of anilines is 1. The maximum Gasteiger partial charge on any atom is 0.419 e. The summed E-state index contributed by atoms with van der Waals surface area (Å²) in [5, 5.41) is 20.5. The third kappa shape index (κ3) is 19.0. The van der Waals surface area contributed by atoms with Crippen molar-refractivity contribution < 1.29 is 65.5 Å². The van der Waals surface area contributed by atoms with E-state index in [-0.39, 0.29) is 69.4 Å². The number of amides is 3. The Kier molecular flexibility index (Phi) is 22.2. The van der Waals surface area contributed by atoms with Crippen LogP contribution in [0.5, 0.6) is 23.0 Å². The van der Waals surface area contributed by atoms with Gasteiger partial charge < -0.3 is 54.8 Å². The molecule has 5 N–H and O–H groups in total. The largest absolute Gasteiger partial charge is 0.491 e. The van der Waals surface area contributed by atoms with Gasteiger partial charge in [-0.25, -0.2) is 4.39 Å². The molecule has 70 heavy (non-hydrogen) atoms. The Labute approximate surface area is 403 Å². The molecule has 0 aliphatic heterocycles. The third-order valence-corrected chi connectivity index (χ3v) is 9.73. The summed E-state index contributed by atoms with van der Waals surface area (Å²) in [6, 6.07) is 28.8. The standard InChI is InChI=1S/C52H54F4N4O10/c1-2-49(62)59-33-38-10-14-40(15-11-38)51(64)60-46-8-3-4-9-48(46)70-43-18-16-42(17-19-43)68-30-29-66-26-25-65-27-28-67-36-50(63)58-22-6-5-7-37-13-21-47(41(31-37)34-57-23-24-61)69-35-39-12-20-45(53)44(32-39)52(54,55)56/h2-4,8-21,31-32,57,61H,1,6,22-30,33-36H2,(H,58,63)(H,59,62)(H,60,64). The van der Waals surface area contributed by atoms with Crippen molar-refractivity contribution in [2.24, 2.45) is 0 Å². The average Bonchev–Trinajstić information content (AvgIpc) is 3.35. The van der Waals surface area contributed by atoms with Gasteiger partial charge in [-0.3, -0.25) is 14.4 Å². The normalized spacial score (nSPS) is 10.9. The summed E-state index contributed by atoms with van der Waals surface area (Å²) in [5.41, 5.74) is 1.84. The van der Waals surface area contributed by atoms with Crippen LogP contribution in [0.4, 0.5) is 23.2 Å². The minimum Gasteiger partial charge on any atom is -0.491 e. The summed E-state index contributed by atoms with van der Waals surface area (Å²) in [7, 11) is 0. The summed E-state index contributed by atoms with van der Waals surface area (Å²) in [4.78, 5) is 36.6. The lowest BCUT2D eigenvalue weighted by atomic mass is 10.1. The lowest BCUT2D eigenvalue weighted by Crippen LogP contribution is -2.28. The van der Waals surface area contributed by atoms with Gasteiger partial charge in [-0.05, 0) is 96.1 Å². The maximum atomic E-state index is 13.7. The van der Waals surface area contributed by atoms with Crippen molar-refractivity contribution in [1.82, 2.24) is 16.0 Å². The van der Waals surface area contributed by atoms with Crippen LogP contribution in [0.3, 0.4) is 0 Å². The first-order chi connectivity index (χ1) is 33.9. The number of rotatable bonds is 28. The van der Waals surface area contributed by atoms with E-state index >= 15 is 0 Å². The Morgan fingerprint density at radius 2 is 1.41 bits per heavy atom. The minimum absolute atomic E-state index is 0.102. The molecule has 0 aliphatic rings. The molecule has 18 heteroatoms. The SMILES string of the molecule is C=CC(=O)NCc1ccc(C(=O)Nc2ccccc2Oc2ccc(OCCOCCOCCOCC(=O)NCCC#Cc3ccc(OCc4ccc(F)c(C(F)(F)F)c4)c(CNCCO)c3)cc2)cc1. The number of aliphatic hydroxyl groups excluding tert-OH is 1. The topological polar surface area (TPSA) is 175 Å². The fourth-order valence-corrected chi connectivity index (χ4v) is 6.20. The molecule has 0 spiro atoms. The summed E-state index contributed by atoms with van der Waals surface area (Å²) in [6.07, 6.45) is -3.29. The van der Waals surface area contributed by atoms with E-state index in [1.165, 1.54) is 12.1 Å². The Hall–Kier alpha value is -7.27. The van der Waals surface area contributed by atoms with Gasteiger partial charge in [0, 0.05) is 49.3 Å². The lowest BCUT2D eigenvalue weighted by molar-refractivity contribution is -0.140. The number of hydrogen-bond acceptors (Lipinski definition) is 11. The molecule has 5 aromatic carbocycles. The summed E-state index contributed by atoms with van der Waals surface area (Å²) in [5.74, 6) is 5.72. The third-order valence-electron chi connectivity index (χ3n) is 9.73. The van der Waals surface area contributed by atoms with Crippen LogP contribution in [0.1, 0.15) is 44.6 Å². The van der Waals surface area contributed by atoms with Crippen molar-refractivity contribution in [1.29, 1.82) is 0 Å². The average molecular weight is 971 g/mol. The number of carbonyl (C=O) groups is 3. The van der Waals surface area contributed by atoms with E-state index < -0.39 is 17.6 Å². The highest BCUT2D eigenvalue weighted by atomic mass is 19.4. The maximum absolute atomic E-state index is 13.7. The predicted molar refractivity (Wildman–Crippen MR) is 253 cm³/mol. The van der Waals surface area contributed by atoms with E-state index in [1.807, 2.05) is 0 Å². The number of alkyl halides is 3. The van der Waals surface area contributed by atoms with Crippen molar-refractivity contribution in [3.8, 4) is 34.8 Å². The van der Waals surface area contributed by atoms with Gasteiger partial charge >= 0.3 is 6.18 Å². The minimum atomic E-state index is -4.84. The van der Waals surface area contributed by atoms with Crippen molar-refractivity contribution in [3.05, 3.63) is 161 Å². The zero-order valence-corrected chi connectivity index (χ0v) is 38.2. The summed E-state index contributed by atoms with van der Waals surface area (Å²) >= 11 is 0. The molecule has 0 radical (unpaired) electrons. The number of hydrogen-bond donors (Lipinski definition) is 5. The number of nitrogens with one attached hydrogen (secondary N) is 4.